The van der Waals surface area contributed by atoms with Crippen molar-refractivity contribution in [3.63, 3.8) is 0 Å². The fourth-order valence-corrected chi connectivity index (χ4v) is 4.56. The Kier molecular flexibility index (Phi) is 4.03. The molecule has 0 spiro atoms. The predicted molar refractivity (Wildman–Crippen MR) is 89.9 cm³/mol. The van der Waals surface area contributed by atoms with Crippen molar-refractivity contribution in [3.05, 3.63) is 29.8 Å². The molecule has 1 heterocycles. The highest BCUT2D eigenvalue weighted by Gasteiger charge is 2.75. The number of esters is 1. The fourth-order valence-electron chi connectivity index (χ4n) is 4.56. The number of hydrogen-bond donors (Lipinski definition) is 0. The van der Waals surface area contributed by atoms with Crippen molar-refractivity contribution in [2.75, 3.05) is 7.11 Å². The minimum atomic E-state index is -0.763. The third kappa shape index (κ3) is 2.43. The highest BCUT2D eigenvalue weighted by atomic mass is 16.7. The standard InChI is InChI=1S/C20H26O4/c1-22-16-11-9-15(10-12-16)19-13-5-2-6-14-20(19,24-19)18(21)23-17-7-3-4-8-17/h9-12,17H,2-8,13-14H2,1H3. The van der Waals surface area contributed by atoms with E-state index < -0.39 is 11.2 Å². The minimum Gasteiger partial charge on any atom is -0.497 e. The summed E-state index contributed by atoms with van der Waals surface area (Å²) in [5.41, 5.74) is -0.180. The third-order valence-electron chi connectivity index (χ3n) is 5.98. The Labute approximate surface area is 143 Å². The van der Waals surface area contributed by atoms with E-state index in [1.54, 1.807) is 7.11 Å². The van der Waals surface area contributed by atoms with Crippen LogP contribution in [0.15, 0.2) is 24.3 Å². The summed E-state index contributed by atoms with van der Waals surface area (Å²) in [4.78, 5) is 13.0. The van der Waals surface area contributed by atoms with Crippen molar-refractivity contribution in [1.29, 1.82) is 0 Å². The zero-order valence-electron chi connectivity index (χ0n) is 14.4. The van der Waals surface area contributed by atoms with Gasteiger partial charge in [0.25, 0.3) is 0 Å². The Morgan fingerprint density at radius 3 is 2.46 bits per heavy atom. The van der Waals surface area contributed by atoms with Gasteiger partial charge in [-0.05, 0) is 62.6 Å². The van der Waals surface area contributed by atoms with Crippen LogP contribution in [0.3, 0.4) is 0 Å². The topological polar surface area (TPSA) is 48.1 Å². The maximum absolute atomic E-state index is 13.0. The molecule has 1 aromatic rings. The lowest BCUT2D eigenvalue weighted by atomic mass is 9.82. The highest BCUT2D eigenvalue weighted by molar-refractivity contribution is 5.85. The molecule has 0 N–H and O–H groups in total. The number of ether oxygens (including phenoxy) is 3. The second-order valence-electron chi connectivity index (χ2n) is 7.36. The van der Waals surface area contributed by atoms with Crippen molar-refractivity contribution in [2.45, 2.75) is 75.1 Å². The molecule has 4 nitrogen and oxygen atoms in total. The Morgan fingerprint density at radius 2 is 1.75 bits per heavy atom. The van der Waals surface area contributed by atoms with Crippen LogP contribution in [0.4, 0.5) is 0 Å². The van der Waals surface area contributed by atoms with Crippen LogP contribution in [0.2, 0.25) is 0 Å². The first-order valence-electron chi connectivity index (χ1n) is 9.26. The summed E-state index contributed by atoms with van der Waals surface area (Å²) < 4.78 is 17.4. The van der Waals surface area contributed by atoms with Crippen LogP contribution >= 0.6 is 0 Å². The molecule has 0 aromatic heterocycles. The average Bonchev–Trinajstić information content (AvgIpc) is 3.06. The molecule has 2 aliphatic carbocycles. The monoisotopic (exact) mass is 330 g/mol. The quantitative estimate of drug-likeness (QED) is 0.616. The van der Waals surface area contributed by atoms with Crippen molar-refractivity contribution in [1.82, 2.24) is 0 Å². The average molecular weight is 330 g/mol. The molecule has 1 saturated heterocycles. The van der Waals surface area contributed by atoms with E-state index in [1.165, 1.54) is 0 Å². The highest BCUT2D eigenvalue weighted by Crippen LogP contribution is 2.63. The van der Waals surface area contributed by atoms with Gasteiger partial charge in [-0.2, -0.15) is 0 Å². The predicted octanol–water partition coefficient (Wildman–Crippen LogP) is 4.11. The Balaban J connectivity index is 1.60. The minimum absolute atomic E-state index is 0.0906. The molecule has 4 rings (SSSR count). The molecule has 2 atom stereocenters. The van der Waals surface area contributed by atoms with Gasteiger partial charge >= 0.3 is 5.97 Å². The van der Waals surface area contributed by atoms with Gasteiger partial charge in [-0.15, -0.1) is 0 Å². The third-order valence-corrected chi connectivity index (χ3v) is 5.98. The summed E-state index contributed by atoms with van der Waals surface area (Å²) in [7, 11) is 1.66. The van der Waals surface area contributed by atoms with Gasteiger partial charge in [-0.1, -0.05) is 25.0 Å². The van der Waals surface area contributed by atoms with Crippen LogP contribution in [-0.2, 0) is 19.9 Å². The van der Waals surface area contributed by atoms with E-state index in [-0.39, 0.29) is 12.1 Å². The summed E-state index contributed by atoms with van der Waals surface area (Å²) in [6.07, 6.45) is 9.33. The summed E-state index contributed by atoms with van der Waals surface area (Å²) in [6.45, 7) is 0. The first-order valence-corrected chi connectivity index (χ1v) is 9.26. The number of rotatable bonds is 4. The second-order valence-corrected chi connectivity index (χ2v) is 7.36. The van der Waals surface area contributed by atoms with Gasteiger partial charge in [0.05, 0.1) is 7.11 Å². The van der Waals surface area contributed by atoms with Crippen molar-refractivity contribution >= 4 is 5.97 Å². The lowest BCUT2D eigenvalue weighted by Gasteiger charge is -2.20. The molecule has 4 heteroatoms. The summed E-state index contributed by atoms with van der Waals surface area (Å²) >= 11 is 0. The summed E-state index contributed by atoms with van der Waals surface area (Å²) in [6, 6.07) is 7.97. The van der Waals surface area contributed by atoms with E-state index in [1.807, 2.05) is 24.3 Å². The molecular weight excluding hydrogens is 304 g/mol. The molecule has 24 heavy (non-hydrogen) atoms. The van der Waals surface area contributed by atoms with Crippen LogP contribution in [0.1, 0.15) is 63.4 Å². The zero-order chi connectivity index (χ0) is 16.6. The largest absolute Gasteiger partial charge is 0.497 e. The number of hydrogen-bond acceptors (Lipinski definition) is 4. The molecule has 3 aliphatic rings. The van der Waals surface area contributed by atoms with E-state index in [2.05, 4.69) is 0 Å². The molecule has 0 amide bonds. The van der Waals surface area contributed by atoms with Gasteiger partial charge in [-0.3, -0.25) is 0 Å². The normalized spacial score (nSPS) is 32.7. The second kappa shape index (κ2) is 6.07. The van der Waals surface area contributed by atoms with Crippen molar-refractivity contribution < 1.29 is 19.0 Å². The van der Waals surface area contributed by atoms with Gasteiger partial charge in [0.15, 0.2) is 5.60 Å². The van der Waals surface area contributed by atoms with Gasteiger partial charge in [-0.25, -0.2) is 4.79 Å². The molecule has 0 radical (unpaired) electrons. The maximum atomic E-state index is 13.0. The van der Waals surface area contributed by atoms with Crippen molar-refractivity contribution in [2.24, 2.45) is 0 Å². The summed E-state index contributed by atoms with van der Waals surface area (Å²) in [5, 5.41) is 0. The first-order chi connectivity index (χ1) is 11.7. The van der Waals surface area contributed by atoms with Crippen LogP contribution < -0.4 is 4.74 Å². The van der Waals surface area contributed by atoms with Gasteiger partial charge in [0.1, 0.15) is 17.5 Å². The van der Waals surface area contributed by atoms with Crippen LogP contribution in [0.5, 0.6) is 5.75 Å². The van der Waals surface area contributed by atoms with Crippen LogP contribution in [0, 0.1) is 0 Å². The molecule has 130 valence electrons. The Morgan fingerprint density at radius 1 is 1.04 bits per heavy atom. The van der Waals surface area contributed by atoms with E-state index in [0.717, 1.165) is 69.1 Å². The zero-order valence-corrected chi connectivity index (χ0v) is 14.4. The number of epoxide rings is 1. The fraction of sp³-hybridized carbons (Fsp3) is 0.650. The molecule has 2 saturated carbocycles. The van der Waals surface area contributed by atoms with E-state index >= 15 is 0 Å². The number of methoxy groups -OCH3 is 1. The molecule has 1 aromatic carbocycles. The van der Waals surface area contributed by atoms with E-state index in [9.17, 15) is 4.79 Å². The maximum Gasteiger partial charge on any atom is 0.342 e. The van der Waals surface area contributed by atoms with E-state index in [0.29, 0.717) is 0 Å². The SMILES string of the molecule is COc1ccc(C23CCCCCC2(C(=O)OC2CCCC2)O3)cc1. The van der Waals surface area contributed by atoms with Gasteiger partial charge in [0.2, 0.25) is 0 Å². The molecule has 3 fully saturated rings. The van der Waals surface area contributed by atoms with Crippen molar-refractivity contribution in [3.8, 4) is 5.75 Å². The number of carbonyl (C=O) groups excluding carboxylic acids is 1. The number of fused-ring (bicyclic) bond motifs is 1. The summed E-state index contributed by atoms with van der Waals surface area (Å²) in [5.74, 6) is 0.690. The van der Waals surface area contributed by atoms with Gasteiger partial charge in [0, 0.05) is 0 Å². The lowest BCUT2D eigenvalue weighted by molar-refractivity contribution is -0.155. The molecule has 2 unspecified atom stereocenters. The first kappa shape index (κ1) is 15.9. The Hall–Kier alpha value is -1.55. The van der Waals surface area contributed by atoms with Gasteiger partial charge < -0.3 is 14.2 Å². The number of benzene rings is 1. The molecular formula is C20H26O4. The van der Waals surface area contributed by atoms with Crippen LogP contribution in [-0.4, -0.2) is 24.8 Å². The smallest absolute Gasteiger partial charge is 0.342 e. The lowest BCUT2D eigenvalue weighted by Crippen LogP contribution is -2.36. The molecule has 0 bridgehead atoms. The van der Waals surface area contributed by atoms with E-state index in [4.69, 9.17) is 14.2 Å². The molecule has 1 aliphatic heterocycles. The van der Waals surface area contributed by atoms with Crippen LogP contribution in [0.25, 0.3) is 0 Å². The Bertz CT molecular complexity index is 605. The number of carbonyl (C=O) groups is 1.